The normalized spacial score (nSPS) is 23.9. The molecule has 9 heteroatoms. The number of alkyl halides is 3. The van der Waals surface area contributed by atoms with Crippen molar-refractivity contribution in [2.24, 2.45) is 0 Å². The molecule has 0 unspecified atom stereocenters. The number of nitriles is 1. The van der Waals surface area contributed by atoms with E-state index in [-0.39, 0.29) is 24.2 Å². The van der Waals surface area contributed by atoms with Gasteiger partial charge in [-0.1, -0.05) is 0 Å². The number of ether oxygens (including phenoxy) is 1. The van der Waals surface area contributed by atoms with Gasteiger partial charge in [0.2, 0.25) is 0 Å². The summed E-state index contributed by atoms with van der Waals surface area (Å²) in [6, 6.07) is 5.17. The molecule has 0 spiro atoms. The molecule has 0 bridgehead atoms. The number of halogens is 3. The first kappa shape index (κ1) is 19.5. The predicted molar refractivity (Wildman–Crippen MR) is 91.9 cm³/mol. The van der Waals surface area contributed by atoms with Gasteiger partial charge in [0.15, 0.2) is 6.10 Å². The molecule has 27 heavy (non-hydrogen) atoms. The molecule has 6 nitrogen and oxygen atoms in total. The van der Waals surface area contributed by atoms with E-state index in [4.69, 9.17) is 10.00 Å². The molecule has 2 heterocycles. The number of piperidine rings is 1. The molecule has 1 aromatic rings. The zero-order valence-electron chi connectivity index (χ0n) is 14.8. The lowest BCUT2D eigenvalue weighted by molar-refractivity contribution is -0.137. The lowest BCUT2D eigenvalue weighted by Crippen LogP contribution is -2.47. The first-order valence-electron chi connectivity index (χ1n) is 8.84. The van der Waals surface area contributed by atoms with Gasteiger partial charge in [-0.3, -0.25) is 4.79 Å². The van der Waals surface area contributed by atoms with Gasteiger partial charge >= 0.3 is 6.18 Å². The first-order chi connectivity index (χ1) is 12.8. The molecule has 146 valence electrons. The number of nitrogens with zero attached hydrogens (tertiary/aromatic N) is 2. The van der Waals surface area contributed by atoms with E-state index in [0.717, 1.165) is 38.1 Å². The summed E-state index contributed by atoms with van der Waals surface area (Å²) < 4.78 is 45.2. The van der Waals surface area contributed by atoms with Crippen molar-refractivity contribution in [3.8, 4) is 6.07 Å². The SMILES string of the molecule is C[C@H]1O[C@H](C(=O)NC2CCNCC2)CN1c1ccc(C#N)c(C(F)(F)F)c1. The van der Waals surface area contributed by atoms with Crippen LogP contribution in [0.3, 0.4) is 0 Å². The summed E-state index contributed by atoms with van der Waals surface area (Å²) in [6.07, 6.45) is -4.26. The molecule has 2 aliphatic heterocycles. The fraction of sp³-hybridized carbons (Fsp3) is 0.556. The highest BCUT2D eigenvalue weighted by Crippen LogP contribution is 2.35. The van der Waals surface area contributed by atoms with Crippen molar-refractivity contribution >= 4 is 11.6 Å². The Bertz CT molecular complexity index is 741. The zero-order chi connectivity index (χ0) is 19.6. The van der Waals surface area contributed by atoms with E-state index in [1.165, 1.54) is 6.07 Å². The first-order valence-corrected chi connectivity index (χ1v) is 8.84. The Hall–Kier alpha value is -2.31. The highest BCUT2D eigenvalue weighted by molar-refractivity contribution is 5.82. The largest absolute Gasteiger partial charge is 0.417 e. The minimum atomic E-state index is -4.63. The van der Waals surface area contributed by atoms with E-state index in [2.05, 4.69) is 10.6 Å². The number of nitrogens with one attached hydrogen (secondary N) is 2. The summed E-state index contributed by atoms with van der Waals surface area (Å²) in [5, 5.41) is 15.1. The third-order valence-electron chi connectivity index (χ3n) is 4.90. The second kappa shape index (κ2) is 7.74. The van der Waals surface area contributed by atoms with Crippen molar-refractivity contribution in [3.63, 3.8) is 0 Å². The molecule has 1 amide bonds. The van der Waals surface area contributed by atoms with Crippen molar-refractivity contribution in [2.75, 3.05) is 24.5 Å². The monoisotopic (exact) mass is 382 g/mol. The molecule has 0 aliphatic carbocycles. The van der Waals surface area contributed by atoms with Crippen molar-refractivity contribution in [3.05, 3.63) is 29.3 Å². The standard InChI is InChI=1S/C18H21F3N4O2/c1-11-25(14-3-2-12(9-22)15(8-14)18(19,20)21)10-16(27-11)17(26)24-13-4-6-23-7-5-13/h2-3,8,11,13,16,23H,4-7,10H2,1H3,(H,24,26)/t11-,16+/m1/s1. The number of carbonyl (C=O) groups is 1. The summed E-state index contributed by atoms with van der Waals surface area (Å²) in [5.74, 6) is -0.249. The van der Waals surface area contributed by atoms with Crippen LogP contribution < -0.4 is 15.5 Å². The van der Waals surface area contributed by atoms with Crippen molar-refractivity contribution in [2.45, 2.75) is 44.3 Å². The highest BCUT2D eigenvalue weighted by atomic mass is 19.4. The number of benzene rings is 1. The van der Waals surface area contributed by atoms with Crippen LogP contribution in [0.4, 0.5) is 18.9 Å². The van der Waals surface area contributed by atoms with E-state index in [1.54, 1.807) is 17.9 Å². The molecule has 3 rings (SSSR count). The highest BCUT2D eigenvalue weighted by Gasteiger charge is 2.38. The maximum Gasteiger partial charge on any atom is 0.417 e. The predicted octanol–water partition coefficient (Wildman–Crippen LogP) is 2.00. The van der Waals surface area contributed by atoms with Crippen LogP contribution in [-0.2, 0) is 15.7 Å². The van der Waals surface area contributed by atoms with Crippen LogP contribution in [-0.4, -0.2) is 43.9 Å². The van der Waals surface area contributed by atoms with Crippen LogP contribution in [0.25, 0.3) is 0 Å². The minimum Gasteiger partial charge on any atom is -0.351 e. The van der Waals surface area contributed by atoms with Crippen molar-refractivity contribution in [1.82, 2.24) is 10.6 Å². The molecule has 0 saturated carbocycles. The van der Waals surface area contributed by atoms with Gasteiger partial charge in [0.05, 0.1) is 23.7 Å². The van der Waals surface area contributed by atoms with E-state index < -0.39 is 29.6 Å². The fourth-order valence-electron chi connectivity index (χ4n) is 3.44. The Kier molecular flexibility index (Phi) is 5.58. The topological polar surface area (TPSA) is 77.4 Å². The molecule has 0 aromatic heterocycles. The van der Waals surface area contributed by atoms with Gasteiger partial charge in [0.25, 0.3) is 5.91 Å². The van der Waals surface area contributed by atoms with E-state index in [9.17, 15) is 18.0 Å². The van der Waals surface area contributed by atoms with Crippen LogP contribution in [0.2, 0.25) is 0 Å². The summed E-state index contributed by atoms with van der Waals surface area (Å²) in [5.41, 5.74) is -1.15. The van der Waals surface area contributed by atoms with E-state index >= 15 is 0 Å². The van der Waals surface area contributed by atoms with Gasteiger partial charge in [-0.25, -0.2) is 0 Å². The molecular weight excluding hydrogens is 361 g/mol. The lowest BCUT2D eigenvalue weighted by atomic mass is 10.1. The third kappa shape index (κ3) is 4.34. The van der Waals surface area contributed by atoms with Crippen molar-refractivity contribution < 1.29 is 22.7 Å². The van der Waals surface area contributed by atoms with Crippen molar-refractivity contribution in [1.29, 1.82) is 5.26 Å². The van der Waals surface area contributed by atoms with E-state index in [0.29, 0.717) is 0 Å². The molecule has 2 fully saturated rings. The van der Waals surface area contributed by atoms with Gasteiger partial charge in [0.1, 0.15) is 6.23 Å². The summed E-state index contributed by atoms with van der Waals surface area (Å²) >= 11 is 0. The Morgan fingerprint density at radius 1 is 1.37 bits per heavy atom. The maximum atomic E-state index is 13.2. The number of rotatable bonds is 3. The molecular formula is C18H21F3N4O2. The van der Waals surface area contributed by atoms with E-state index in [1.807, 2.05) is 0 Å². The Morgan fingerprint density at radius 2 is 2.07 bits per heavy atom. The number of hydrogen-bond donors (Lipinski definition) is 2. The fourth-order valence-corrected chi connectivity index (χ4v) is 3.44. The van der Waals surface area contributed by atoms with Crippen LogP contribution in [0.15, 0.2) is 18.2 Å². The maximum absolute atomic E-state index is 13.2. The molecule has 0 radical (unpaired) electrons. The summed E-state index contributed by atoms with van der Waals surface area (Å²) in [6.45, 7) is 3.51. The number of anilines is 1. The van der Waals surface area contributed by atoms with Crippen LogP contribution >= 0.6 is 0 Å². The van der Waals surface area contributed by atoms with Crippen LogP contribution in [0.5, 0.6) is 0 Å². The lowest BCUT2D eigenvalue weighted by Gasteiger charge is -2.24. The number of hydrogen-bond acceptors (Lipinski definition) is 5. The Balaban J connectivity index is 1.73. The number of amides is 1. The quantitative estimate of drug-likeness (QED) is 0.836. The smallest absolute Gasteiger partial charge is 0.351 e. The second-order valence-corrected chi connectivity index (χ2v) is 6.75. The summed E-state index contributed by atoms with van der Waals surface area (Å²) in [7, 11) is 0. The Morgan fingerprint density at radius 3 is 2.70 bits per heavy atom. The average molecular weight is 382 g/mol. The molecule has 2 aliphatic rings. The van der Waals surface area contributed by atoms with Gasteiger partial charge in [-0.2, -0.15) is 18.4 Å². The minimum absolute atomic E-state index is 0.0819. The average Bonchev–Trinajstić information content (AvgIpc) is 3.03. The van der Waals surface area contributed by atoms with Gasteiger partial charge in [0, 0.05) is 11.7 Å². The number of carbonyl (C=O) groups excluding carboxylic acids is 1. The van der Waals surface area contributed by atoms with Gasteiger partial charge < -0.3 is 20.3 Å². The molecule has 2 saturated heterocycles. The summed E-state index contributed by atoms with van der Waals surface area (Å²) in [4.78, 5) is 14.1. The van der Waals surface area contributed by atoms with Gasteiger partial charge in [-0.05, 0) is 51.1 Å². The third-order valence-corrected chi connectivity index (χ3v) is 4.90. The van der Waals surface area contributed by atoms with Gasteiger partial charge in [-0.15, -0.1) is 0 Å². The molecule has 2 atom stereocenters. The zero-order valence-corrected chi connectivity index (χ0v) is 14.8. The molecule has 1 aromatic carbocycles. The Labute approximate surface area is 155 Å². The second-order valence-electron chi connectivity index (χ2n) is 6.75. The van der Waals surface area contributed by atoms with Crippen LogP contribution in [0.1, 0.15) is 30.9 Å². The molecule has 2 N–H and O–H groups in total. The van der Waals surface area contributed by atoms with Crippen LogP contribution in [0, 0.1) is 11.3 Å².